The molecule has 3 aliphatic carbocycles. The molecule has 0 saturated carbocycles. The van der Waals surface area contributed by atoms with Crippen molar-refractivity contribution in [1.29, 1.82) is 0 Å². The molecule has 0 fully saturated rings. The van der Waals surface area contributed by atoms with Gasteiger partial charge in [-0.3, -0.25) is 0 Å². The predicted molar refractivity (Wildman–Crippen MR) is 129 cm³/mol. The van der Waals surface area contributed by atoms with Crippen molar-refractivity contribution in [3.63, 3.8) is 0 Å². The van der Waals surface area contributed by atoms with E-state index in [2.05, 4.69) is 96.3 Å². The van der Waals surface area contributed by atoms with E-state index in [4.69, 9.17) is 0 Å². The Balaban J connectivity index is 0.00000169. The van der Waals surface area contributed by atoms with Gasteiger partial charge in [-0.05, 0) is 0 Å². The van der Waals surface area contributed by atoms with Crippen molar-refractivity contribution < 1.29 is 19.4 Å². The van der Waals surface area contributed by atoms with Crippen LogP contribution in [0.3, 0.4) is 0 Å². The molecule has 0 unspecified atom stereocenters. The van der Waals surface area contributed by atoms with Crippen molar-refractivity contribution in [2.24, 2.45) is 0 Å². The Morgan fingerprint density at radius 3 is 1.31 bits per heavy atom. The van der Waals surface area contributed by atoms with E-state index in [1.54, 1.807) is 22.3 Å². The Bertz CT molecular complexity index is 661. The standard InChI is InChI=1S/C10H15.2C5H5.C2H7Si.2BrH.Zr/c1-6-7(2)9(4)10(5)8(6)3;2*1-2-4-5-3-1;1-3-2;;;/h1-5H3;2*1-5H;3H,1-2H3;2*1H;. The maximum atomic E-state index is 2.66. The monoisotopic (exact) mass is 574 g/mol. The van der Waals surface area contributed by atoms with Gasteiger partial charge in [-0.1, -0.05) is 0 Å². The van der Waals surface area contributed by atoms with Gasteiger partial charge in [0, 0.05) is 0 Å². The van der Waals surface area contributed by atoms with E-state index in [1.807, 2.05) is 0 Å². The van der Waals surface area contributed by atoms with Gasteiger partial charge in [0.25, 0.3) is 0 Å². The van der Waals surface area contributed by atoms with Crippen LogP contribution in [-0.2, 0) is 19.4 Å². The van der Waals surface area contributed by atoms with Crippen LogP contribution >= 0.6 is 34.0 Å². The summed E-state index contributed by atoms with van der Waals surface area (Å²) in [7, 11) is 0. The molecule has 0 aliphatic heterocycles. The molecule has 0 aromatic rings. The molecule has 0 amide bonds. The van der Waals surface area contributed by atoms with Gasteiger partial charge in [0.15, 0.2) is 0 Å². The van der Waals surface area contributed by atoms with Gasteiger partial charge in [-0.25, -0.2) is 0 Å². The molecule has 0 bridgehead atoms. The third kappa shape index (κ3) is 3.15. The van der Waals surface area contributed by atoms with Crippen molar-refractivity contribution in [2.45, 2.75) is 58.1 Å². The molecule has 0 saturated heterocycles. The van der Waals surface area contributed by atoms with Crippen LogP contribution in [0.2, 0.25) is 23.5 Å². The summed E-state index contributed by atoms with van der Waals surface area (Å²) < 4.78 is 1.81. The molecule has 0 atom stereocenters. The first-order valence-corrected chi connectivity index (χ1v) is 20.6. The Morgan fingerprint density at radius 1 is 0.731 bits per heavy atom. The van der Waals surface area contributed by atoms with Crippen molar-refractivity contribution in [2.75, 3.05) is 0 Å². The summed E-state index contributed by atoms with van der Waals surface area (Å²) in [5.74, 6) is -0.843. The van der Waals surface area contributed by atoms with Crippen LogP contribution in [0.15, 0.2) is 70.9 Å². The summed E-state index contributed by atoms with van der Waals surface area (Å²) in [5.41, 5.74) is 6.53. The van der Waals surface area contributed by atoms with Crippen molar-refractivity contribution in [3.8, 4) is 0 Å². The predicted octanol–water partition coefficient (Wildman–Crippen LogP) is 7.97. The summed E-state index contributed by atoms with van der Waals surface area (Å²) in [5, 5.41) is 0. The second-order valence-corrected chi connectivity index (χ2v) is 35.1. The first-order valence-electron chi connectivity index (χ1n) is 9.35. The van der Waals surface area contributed by atoms with Crippen LogP contribution in [0.4, 0.5) is 0 Å². The SMILES string of the molecule is Br.Br.CC1=C(C)[C](C)([Zr]([CH]2C=CC=C2)([CH]2C=CC=C2)[SiH](C)C)C(C)=C1C. The van der Waals surface area contributed by atoms with Gasteiger partial charge in [-0.2, -0.15) is 0 Å². The van der Waals surface area contributed by atoms with Gasteiger partial charge in [0.05, 0.1) is 0 Å². The van der Waals surface area contributed by atoms with Gasteiger partial charge in [0.2, 0.25) is 0 Å². The number of allylic oxidation sites excluding steroid dienone is 12. The van der Waals surface area contributed by atoms with Crippen LogP contribution < -0.4 is 0 Å². The fourth-order valence-electron chi connectivity index (χ4n) is 5.98. The molecule has 3 rings (SSSR count). The van der Waals surface area contributed by atoms with Crippen LogP contribution in [0.1, 0.15) is 34.6 Å². The van der Waals surface area contributed by atoms with E-state index in [-0.39, 0.29) is 34.0 Å². The zero-order chi connectivity index (χ0) is 17.7. The van der Waals surface area contributed by atoms with E-state index >= 15 is 0 Å². The molecular weight excluding hydrogens is 543 g/mol. The number of hydrogen-bond acceptors (Lipinski definition) is 0. The molecule has 0 radical (unpaired) electrons. The molecule has 0 spiro atoms. The Labute approximate surface area is 186 Å². The molecule has 26 heavy (non-hydrogen) atoms. The quantitative estimate of drug-likeness (QED) is 0.297. The van der Waals surface area contributed by atoms with Crippen molar-refractivity contribution in [1.82, 2.24) is 0 Å². The average Bonchev–Trinajstić information content (AvgIpc) is 3.28. The number of halogens is 2. The van der Waals surface area contributed by atoms with Crippen LogP contribution in [0, 0.1) is 0 Å². The van der Waals surface area contributed by atoms with Crippen molar-refractivity contribution >= 4 is 39.9 Å². The molecule has 0 heterocycles. The minimum absolute atomic E-state index is 0. The van der Waals surface area contributed by atoms with Crippen LogP contribution in [0.25, 0.3) is 0 Å². The third-order valence-corrected chi connectivity index (χ3v) is 45.0. The fourth-order valence-corrected chi connectivity index (χ4v) is 46.4. The number of rotatable bonds is 4. The van der Waals surface area contributed by atoms with Crippen LogP contribution in [-0.4, -0.2) is 5.92 Å². The fraction of sp³-hybridized carbons (Fsp3) is 0.455. The minimum atomic E-state index is -2.75. The van der Waals surface area contributed by atoms with Crippen LogP contribution in [0.5, 0.6) is 0 Å². The molecule has 4 heteroatoms. The van der Waals surface area contributed by atoms with E-state index in [9.17, 15) is 0 Å². The zero-order valence-corrected chi connectivity index (χ0v) is 24.2. The molecular formula is C22H34Br2SiZr. The van der Waals surface area contributed by atoms with E-state index in [0.717, 1.165) is 7.25 Å². The molecule has 0 nitrogen and oxygen atoms in total. The molecule has 0 aromatic carbocycles. The van der Waals surface area contributed by atoms with Gasteiger partial charge < -0.3 is 0 Å². The summed E-state index contributed by atoms with van der Waals surface area (Å²) in [4.78, 5) is 0. The molecule has 3 aliphatic rings. The zero-order valence-electron chi connectivity index (χ0n) is 17.2. The first-order chi connectivity index (χ1) is 11.3. The first kappa shape index (κ1) is 24.5. The van der Waals surface area contributed by atoms with Gasteiger partial charge in [0.1, 0.15) is 0 Å². The van der Waals surface area contributed by atoms with E-state index in [1.165, 1.54) is 0 Å². The summed E-state index contributed by atoms with van der Waals surface area (Å²) in [6.45, 7) is 17.6. The van der Waals surface area contributed by atoms with E-state index in [0.29, 0.717) is 3.12 Å². The second kappa shape index (κ2) is 8.89. The summed E-state index contributed by atoms with van der Waals surface area (Å²) in [6, 6.07) is 0. The Hall–Kier alpha value is 0.500. The van der Waals surface area contributed by atoms with Crippen molar-refractivity contribution in [3.05, 3.63) is 70.9 Å². The molecule has 0 N–H and O–H groups in total. The van der Waals surface area contributed by atoms with Gasteiger partial charge >= 0.3 is 154 Å². The second-order valence-electron chi connectivity index (χ2n) is 8.30. The molecule has 0 aromatic heterocycles. The normalized spacial score (nSPS) is 22.0. The average molecular weight is 578 g/mol. The third-order valence-electron chi connectivity index (χ3n) is 7.61. The Morgan fingerprint density at radius 2 is 1.04 bits per heavy atom. The van der Waals surface area contributed by atoms with Gasteiger partial charge in [-0.15, -0.1) is 34.0 Å². The summed E-state index contributed by atoms with van der Waals surface area (Å²) >= 11 is -2.75. The summed E-state index contributed by atoms with van der Waals surface area (Å²) in [6.07, 6.45) is 19.5. The maximum absolute atomic E-state index is 2.75. The van der Waals surface area contributed by atoms with E-state index < -0.39 is 25.4 Å². The molecule has 144 valence electrons. The number of hydrogen-bond donors (Lipinski definition) is 0. The topological polar surface area (TPSA) is 0 Å². The Kier molecular flexibility index (Phi) is 8.39.